The van der Waals surface area contributed by atoms with E-state index in [0.717, 1.165) is 24.3 Å². The summed E-state index contributed by atoms with van der Waals surface area (Å²) in [5.74, 6) is 1.03. The minimum Gasteiger partial charge on any atom is -0.392 e. The quantitative estimate of drug-likeness (QED) is 0.714. The Kier molecular flexibility index (Phi) is 6.69. The Morgan fingerprint density at radius 3 is 2.62 bits per heavy atom. The fourth-order valence-corrected chi connectivity index (χ4v) is 3.86. The highest BCUT2D eigenvalue weighted by Crippen LogP contribution is 2.34. The lowest BCUT2D eigenvalue weighted by molar-refractivity contribution is 0.0726. The lowest BCUT2D eigenvalue weighted by Crippen LogP contribution is -2.27. The maximum Gasteiger partial charge on any atom is 0.137 e. The molecule has 0 saturated heterocycles. The molecule has 0 aliphatic heterocycles. The molecule has 1 saturated carbocycles. The third-order valence-electron chi connectivity index (χ3n) is 4.83. The van der Waals surface area contributed by atoms with Gasteiger partial charge >= 0.3 is 0 Å². The Labute approximate surface area is 136 Å². The van der Waals surface area contributed by atoms with Crippen molar-refractivity contribution in [2.75, 3.05) is 0 Å². The molecule has 1 N–H and O–H groups in total. The van der Waals surface area contributed by atoms with Gasteiger partial charge in [0.05, 0.1) is 10.6 Å². The molecule has 0 aromatic heterocycles. The largest absolute Gasteiger partial charge is 0.392 e. The first kappa shape index (κ1) is 17.0. The van der Waals surface area contributed by atoms with Gasteiger partial charge in [-0.1, -0.05) is 45.1 Å². The number of unbranched alkanes of at least 4 members (excludes halogenated alkanes) is 1. The van der Waals surface area contributed by atoms with Crippen molar-refractivity contribution >= 4 is 15.9 Å². The highest BCUT2D eigenvalue weighted by Gasteiger charge is 2.26. The van der Waals surface area contributed by atoms with E-state index < -0.39 is 0 Å². The Morgan fingerprint density at radius 1 is 1.29 bits per heavy atom. The Balaban J connectivity index is 1.81. The first-order chi connectivity index (χ1) is 10.1. The minimum atomic E-state index is -0.297. The van der Waals surface area contributed by atoms with Gasteiger partial charge in [-0.2, -0.15) is 0 Å². The molecule has 2 rings (SSSR count). The molecule has 1 nitrogen and oxygen atoms in total. The van der Waals surface area contributed by atoms with E-state index in [-0.39, 0.29) is 11.9 Å². The summed E-state index contributed by atoms with van der Waals surface area (Å²) in [6.07, 6.45) is 9.09. The summed E-state index contributed by atoms with van der Waals surface area (Å²) in [4.78, 5) is 0. The minimum absolute atomic E-state index is 0.246. The molecule has 0 spiro atoms. The van der Waals surface area contributed by atoms with Crippen molar-refractivity contribution in [3.63, 3.8) is 0 Å². The van der Waals surface area contributed by atoms with Gasteiger partial charge in [-0.25, -0.2) is 4.39 Å². The number of benzene rings is 1. The highest BCUT2D eigenvalue weighted by molar-refractivity contribution is 9.10. The molecular weight excluding hydrogens is 331 g/mol. The average Bonchev–Trinajstić information content (AvgIpc) is 2.49. The first-order valence-electron chi connectivity index (χ1n) is 8.22. The topological polar surface area (TPSA) is 20.2 Å². The number of hydrogen-bond donors (Lipinski definition) is 1. The molecule has 1 aromatic carbocycles. The van der Waals surface area contributed by atoms with Crippen molar-refractivity contribution in [2.24, 2.45) is 11.8 Å². The van der Waals surface area contributed by atoms with E-state index in [0.29, 0.717) is 16.8 Å². The first-order valence-corrected chi connectivity index (χ1v) is 9.01. The predicted octanol–water partition coefficient (Wildman–Crippen LogP) is 5.49. The second-order valence-corrected chi connectivity index (χ2v) is 7.30. The molecule has 1 aliphatic rings. The Morgan fingerprint density at radius 2 is 2.00 bits per heavy atom. The van der Waals surface area contributed by atoms with Crippen LogP contribution in [0.25, 0.3) is 0 Å². The van der Waals surface area contributed by atoms with Crippen LogP contribution in [0.15, 0.2) is 22.7 Å². The molecule has 118 valence electrons. The second-order valence-electron chi connectivity index (χ2n) is 6.44. The third-order valence-corrected chi connectivity index (χ3v) is 5.44. The third kappa shape index (κ3) is 5.07. The number of hydrogen-bond acceptors (Lipinski definition) is 1. The fraction of sp³-hybridized carbons (Fsp3) is 0.667. The number of aliphatic hydroxyl groups excluding tert-OH is 1. The summed E-state index contributed by atoms with van der Waals surface area (Å²) in [6.45, 7) is 2.25. The monoisotopic (exact) mass is 356 g/mol. The number of rotatable bonds is 6. The fourth-order valence-electron chi connectivity index (χ4n) is 3.43. The highest BCUT2D eigenvalue weighted by atomic mass is 79.9. The second kappa shape index (κ2) is 8.28. The summed E-state index contributed by atoms with van der Waals surface area (Å²) >= 11 is 3.21. The van der Waals surface area contributed by atoms with E-state index in [1.165, 1.54) is 38.2 Å². The van der Waals surface area contributed by atoms with Gasteiger partial charge in [0.15, 0.2) is 0 Å². The van der Waals surface area contributed by atoms with Crippen LogP contribution in [0.1, 0.15) is 57.4 Å². The summed E-state index contributed by atoms with van der Waals surface area (Å²) in [5, 5.41) is 10.4. The van der Waals surface area contributed by atoms with E-state index in [1.807, 2.05) is 0 Å². The van der Waals surface area contributed by atoms with Crippen LogP contribution in [0.2, 0.25) is 0 Å². The van der Waals surface area contributed by atoms with Crippen LogP contribution in [0, 0.1) is 17.7 Å². The summed E-state index contributed by atoms with van der Waals surface area (Å²) in [7, 11) is 0. The van der Waals surface area contributed by atoms with Gasteiger partial charge in [-0.15, -0.1) is 0 Å². The van der Waals surface area contributed by atoms with Crippen molar-refractivity contribution in [1.29, 1.82) is 0 Å². The Hall–Kier alpha value is -0.410. The molecule has 1 atom stereocenters. The molecule has 0 radical (unpaired) electrons. The van der Waals surface area contributed by atoms with Crippen LogP contribution < -0.4 is 0 Å². The van der Waals surface area contributed by atoms with E-state index in [1.54, 1.807) is 12.1 Å². The molecule has 1 aliphatic carbocycles. The van der Waals surface area contributed by atoms with E-state index in [4.69, 9.17) is 0 Å². The predicted molar refractivity (Wildman–Crippen MR) is 88.8 cm³/mol. The van der Waals surface area contributed by atoms with Crippen LogP contribution in [0.3, 0.4) is 0 Å². The molecular formula is C18H26BrFO. The summed E-state index contributed by atoms with van der Waals surface area (Å²) in [6, 6.07) is 5.02. The van der Waals surface area contributed by atoms with Crippen LogP contribution in [0.5, 0.6) is 0 Å². The average molecular weight is 357 g/mol. The van der Waals surface area contributed by atoms with Crippen LogP contribution in [0.4, 0.5) is 4.39 Å². The SMILES string of the molecule is CCCCC1CCC(C(O)Cc2ccc(F)c(Br)c2)CC1. The van der Waals surface area contributed by atoms with Gasteiger partial charge in [-0.05, 0) is 64.7 Å². The molecule has 3 heteroatoms. The van der Waals surface area contributed by atoms with Gasteiger partial charge in [0.2, 0.25) is 0 Å². The lowest BCUT2D eigenvalue weighted by Gasteiger charge is -2.31. The maximum absolute atomic E-state index is 13.2. The summed E-state index contributed by atoms with van der Waals surface area (Å²) < 4.78 is 13.7. The molecule has 0 bridgehead atoms. The molecule has 1 aromatic rings. The number of halogens is 2. The zero-order chi connectivity index (χ0) is 15.2. The van der Waals surface area contributed by atoms with Crippen LogP contribution >= 0.6 is 15.9 Å². The van der Waals surface area contributed by atoms with Crippen LogP contribution in [-0.4, -0.2) is 11.2 Å². The zero-order valence-corrected chi connectivity index (χ0v) is 14.4. The molecule has 1 unspecified atom stereocenters. The van der Waals surface area contributed by atoms with Crippen molar-refractivity contribution in [3.05, 3.63) is 34.1 Å². The van der Waals surface area contributed by atoms with Crippen molar-refractivity contribution < 1.29 is 9.50 Å². The van der Waals surface area contributed by atoms with Gasteiger partial charge in [0.25, 0.3) is 0 Å². The molecule has 21 heavy (non-hydrogen) atoms. The van der Waals surface area contributed by atoms with Gasteiger partial charge < -0.3 is 5.11 Å². The summed E-state index contributed by atoms with van der Waals surface area (Å²) in [5.41, 5.74) is 1.00. The maximum atomic E-state index is 13.2. The smallest absolute Gasteiger partial charge is 0.137 e. The van der Waals surface area contributed by atoms with E-state index >= 15 is 0 Å². The van der Waals surface area contributed by atoms with E-state index in [9.17, 15) is 9.50 Å². The van der Waals surface area contributed by atoms with Crippen LogP contribution in [-0.2, 0) is 6.42 Å². The van der Waals surface area contributed by atoms with Gasteiger partial charge in [-0.3, -0.25) is 0 Å². The standard InChI is InChI=1S/C18H26BrFO/c1-2-3-4-13-5-8-15(9-6-13)18(21)12-14-7-10-17(20)16(19)11-14/h7,10-11,13,15,18,21H,2-6,8-9,12H2,1H3. The molecule has 0 amide bonds. The van der Waals surface area contributed by atoms with Crippen molar-refractivity contribution in [1.82, 2.24) is 0 Å². The molecule has 1 fully saturated rings. The normalized spacial score (nSPS) is 24.0. The van der Waals surface area contributed by atoms with Gasteiger partial charge in [0, 0.05) is 0 Å². The Bertz CT molecular complexity index is 441. The molecule has 0 heterocycles. The lowest BCUT2D eigenvalue weighted by atomic mass is 9.76. The van der Waals surface area contributed by atoms with E-state index in [2.05, 4.69) is 22.9 Å². The number of aliphatic hydroxyl groups is 1. The van der Waals surface area contributed by atoms with Crippen molar-refractivity contribution in [3.8, 4) is 0 Å². The van der Waals surface area contributed by atoms with Crippen molar-refractivity contribution in [2.45, 2.75) is 64.4 Å². The zero-order valence-electron chi connectivity index (χ0n) is 12.8. The van der Waals surface area contributed by atoms with Gasteiger partial charge in [0.1, 0.15) is 5.82 Å².